The van der Waals surface area contributed by atoms with Crippen LogP contribution in [0.5, 0.6) is 0 Å². The highest BCUT2D eigenvalue weighted by Crippen LogP contribution is 2.40. The standard InChI is InChI=1S/C26H31N/c1-18-8-12-23(13-9-18)27(24-14-10-19(2)11-15-24)25-20(3)16-22(17-21(25)4)26(5,6)7/h8-17H,1-7H3. The SMILES string of the molecule is Cc1ccc(N(c2ccc(C)cc2)c2c(C)cc(C(C)(C)C)cc2C)cc1. The second kappa shape index (κ2) is 7.23. The van der Waals surface area contributed by atoms with E-state index in [0.717, 1.165) is 0 Å². The van der Waals surface area contributed by atoms with Gasteiger partial charge in [-0.05, 0) is 74.1 Å². The van der Waals surface area contributed by atoms with Gasteiger partial charge in [0.2, 0.25) is 0 Å². The number of hydrogen-bond donors (Lipinski definition) is 0. The highest BCUT2D eigenvalue weighted by molar-refractivity contribution is 5.80. The maximum absolute atomic E-state index is 2.38. The highest BCUT2D eigenvalue weighted by Gasteiger charge is 2.21. The molecule has 0 aromatic heterocycles. The minimum Gasteiger partial charge on any atom is -0.310 e. The van der Waals surface area contributed by atoms with Crippen LogP contribution in [0.15, 0.2) is 60.7 Å². The third-order valence-electron chi connectivity index (χ3n) is 5.17. The number of benzene rings is 3. The Balaban J connectivity index is 2.22. The molecule has 0 aliphatic heterocycles. The smallest absolute Gasteiger partial charge is 0.0520 e. The fourth-order valence-electron chi connectivity index (χ4n) is 3.54. The monoisotopic (exact) mass is 357 g/mol. The maximum Gasteiger partial charge on any atom is 0.0520 e. The predicted octanol–water partition coefficient (Wildman–Crippen LogP) is 7.69. The highest BCUT2D eigenvalue weighted by atomic mass is 15.1. The van der Waals surface area contributed by atoms with Crippen LogP contribution in [-0.2, 0) is 5.41 Å². The van der Waals surface area contributed by atoms with Crippen LogP contribution in [0.2, 0.25) is 0 Å². The van der Waals surface area contributed by atoms with Crippen LogP contribution in [-0.4, -0.2) is 0 Å². The number of nitrogens with zero attached hydrogens (tertiary/aromatic N) is 1. The van der Waals surface area contributed by atoms with Gasteiger partial charge in [0, 0.05) is 11.4 Å². The Morgan fingerprint density at radius 1 is 0.593 bits per heavy atom. The Morgan fingerprint density at radius 2 is 0.963 bits per heavy atom. The Kier molecular flexibility index (Phi) is 5.15. The summed E-state index contributed by atoms with van der Waals surface area (Å²) in [6, 6.07) is 22.3. The lowest BCUT2D eigenvalue weighted by molar-refractivity contribution is 0.589. The van der Waals surface area contributed by atoms with Crippen molar-refractivity contribution in [2.75, 3.05) is 4.90 Å². The summed E-state index contributed by atoms with van der Waals surface area (Å²) < 4.78 is 0. The quantitative estimate of drug-likeness (QED) is 0.464. The summed E-state index contributed by atoms with van der Waals surface area (Å²) in [7, 11) is 0. The fourth-order valence-corrected chi connectivity index (χ4v) is 3.54. The topological polar surface area (TPSA) is 3.24 Å². The van der Waals surface area contributed by atoms with E-state index in [1.165, 1.54) is 44.9 Å². The average molecular weight is 358 g/mol. The van der Waals surface area contributed by atoms with Crippen LogP contribution >= 0.6 is 0 Å². The molecule has 0 aliphatic carbocycles. The predicted molar refractivity (Wildman–Crippen MR) is 119 cm³/mol. The van der Waals surface area contributed by atoms with Gasteiger partial charge in [-0.25, -0.2) is 0 Å². The van der Waals surface area contributed by atoms with Gasteiger partial charge in [0.1, 0.15) is 0 Å². The molecule has 0 bridgehead atoms. The Morgan fingerprint density at radius 3 is 1.30 bits per heavy atom. The minimum atomic E-state index is 0.145. The van der Waals surface area contributed by atoms with Gasteiger partial charge in [0.25, 0.3) is 0 Å². The molecular weight excluding hydrogens is 326 g/mol. The van der Waals surface area contributed by atoms with Crippen molar-refractivity contribution in [1.29, 1.82) is 0 Å². The zero-order valence-corrected chi connectivity index (χ0v) is 17.7. The lowest BCUT2D eigenvalue weighted by Gasteiger charge is -2.31. The molecule has 3 aromatic carbocycles. The van der Waals surface area contributed by atoms with E-state index in [-0.39, 0.29) is 5.41 Å². The molecule has 0 heterocycles. The normalized spacial score (nSPS) is 11.5. The van der Waals surface area contributed by atoms with Gasteiger partial charge in [-0.3, -0.25) is 0 Å². The molecule has 140 valence electrons. The van der Waals surface area contributed by atoms with Gasteiger partial charge in [0.15, 0.2) is 0 Å². The average Bonchev–Trinajstić information content (AvgIpc) is 2.59. The van der Waals surface area contributed by atoms with Crippen molar-refractivity contribution in [3.05, 3.63) is 88.5 Å². The largest absolute Gasteiger partial charge is 0.310 e. The van der Waals surface area contributed by atoms with Crippen molar-refractivity contribution in [3.63, 3.8) is 0 Å². The van der Waals surface area contributed by atoms with Crippen LogP contribution in [0.4, 0.5) is 17.1 Å². The van der Waals surface area contributed by atoms with E-state index in [9.17, 15) is 0 Å². The van der Waals surface area contributed by atoms with Gasteiger partial charge in [-0.1, -0.05) is 68.3 Å². The molecule has 1 heteroatoms. The molecule has 3 rings (SSSR count). The van der Waals surface area contributed by atoms with Crippen molar-refractivity contribution >= 4 is 17.1 Å². The van der Waals surface area contributed by atoms with E-state index in [4.69, 9.17) is 0 Å². The van der Waals surface area contributed by atoms with E-state index in [0.29, 0.717) is 0 Å². The third-order valence-corrected chi connectivity index (χ3v) is 5.17. The molecule has 0 saturated carbocycles. The maximum atomic E-state index is 2.38. The summed E-state index contributed by atoms with van der Waals surface area (Å²) in [5, 5.41) is 0. The molecule has 0 N–H and O–H groups in total. The molecule has 0 unspecified atom stereocenters. The van der Waals surface area contributed by atoms with Crippen LogP contribution in [0.25, 0.3) is 0 Å². The lowest BCUT2D eigenvalue weighted by atomic mass is 9.84. The first-order valence-corrected chi connectivity index (χ1v) is 9.72. The van der Waals surface area contributed by atoms with Crippen molar-refractivity contribution < 1.29 is 0 Å². The number of anilines is 3. The van der Waals surface area contributed by atoms with E-state index >= 15 is 0 Å². The van der Waals surface area contributed by atoms with Gasteiger partial charge in [-0.2, -0.15) is 0 Å². The Hall–Kier alpha value is -2.54. The van der Waals surface area contributed by atoms with Gasteiger partial charge in [-0.15, -0.1) is 0 Å². The van der Waals surface area contributed by atoms with E-state index < -0.39 is 0 Å². The van der Waals surface area contributed by atoms with E-state index in [1.807, 2.05) is 0 Å². The molecule has 0 atom stereocenters. The lowest BCUT2D eigenvalue weighted by Crippen LogP contribution is -2.16. The molecule has 27 heavy (non-hydrogen) atoms. The van der Waals surface area contributed by atoms with Crippen molar-refractivity contribution in [2.24, 2.45) is 0 Å². The van der Waals surface area contributed by atoms with E-state index in [2.05, 4.69) is 114 Å². The Labute approximate surface area is 164 Å². The summed E-state index contributed by atoms with van der Waals surface area (Å²) in [5.74, 6) is 0. The zero-order valence-electron chi connectivity index (χ0n) is 17.7. The number of rotatable bonds is 3. The summed E-state index contributed by atoms with van der Waals surface area (Å²) in [5.41, 5.74) is 10.4. The molecule has 0 radical (unpaired) electrons. The third kappa shape index (κ3) is 4.08. The van der Waals surface area contributed by atoms with Gasteiger partial charge < -0.3 is 4.90 Å². The molecule has 0 amide bonds. The van der Waals surface area contributed by atoms with E-state index in [1.54, 1.807) is 0 Å². The first kappa shape index (κ1) is 19.2. The second-order valence-electron chi connectivity index (χ2n) is 8.72. The molecule has 0 saturated heterocycles. The van der Waals surface area contributed by atoms with Crippen molar-refractivity contribution in [2.45, 2.75) is 53.9 Å². The number of aryl methyl sites for hydroxylation is 4. The molecule has 0 fully saturated rings. The summed E-state index contributed by atoms with van der Waals surface area (Å²) in [6.07, 6.45) is 0. The minimum absolute atomic E-state index is 0.145. The van der Waals surface area contributed by atoms with Gasteiger partial charge >= 0.3 is 0 Å². The molecule has 3 aromatic rings. The van der Waals surface area contributed by atoms with Crippen LogP contribution in [0.1, 0.15) is 48.6 Å². The summed E-state index contributed by atoms with van der Waals surface area (Å²) >= 11 is 0. The molecule has 0 aliphatic rings. The second-order valence-corrected chi connectivity index (χ2v) is 8.72. The van der Waals surface area contributed by atoms with Crippen LogP contribution in [0, 0.1) is 27.7 Å². The number of hydrogen-bond acceptors (Lipinski definition) is 1. The molecule has 1 nitrogen and oxygen atoms in total. The fraction of sp³-hybridized carbons (Fsp3) is 0.308. The molecule has 0 spiro atoms. The Bertz CT molecular complexity index is 857. The zero-order chi connectivity index (χ0) is 19.8. The van der Waals surface area contributed by atoms with Gasteiger partial charge in [0.05, 0.1) is 5.69 Å². The first-order chi connectivity index (χ1) is 12.7. The van der Waals surface area contributed by atoms with Crippen LogP contribution < -0.4 is 4.90 Å². The van der Waals surface area contributed by atoms with Crippen molar-refractivity contribution in [3.8, 4) is 0 Å². The molecular formula is C26H31N. The summed E-state index contributed by atoms with van der Waals surface area (Å²) in [4.78, 5) is 2.38. The van der Waals surface area contributed by atoms with Crippen LogP contribution in [0.3, 0.4) is 0 Å². The summed E-state index contributed by atoms with van der Waals surface area (Å²) in [6.45, 7) is 15.6. The first-order valence-electron chi connectivity index (χ1n) is 9.72. The van der Waals surface area contributed by atoms with Crippen molar-refractivity contribution in [1.82, 2.24) is 0 Å².